The number of fused-ring (bicyclic) bond motifs is 1. The lowest BCUT2D eigenvalue weighted by molar-refractivity contribution is 0.0913. The van der Waals surface area contributed by atoms with Gasteiger partial charge in [0.05, 0.1) is 16.6 Å². The van der Waals surface area contributed by atoms with Gasteiger partial charge in [-0.25, -0.2) is 13.4 Å². The second-order valence-electron chi connectivity index (χ2n) is 8.21. The molecule has 0 spiro atoms. The lowest BCUT2D eigenvalue weighted by Gasteiger charge is -2.20. The molecule has 2 aromatic heterocycles. The molecule has 0 aliphatic carbocycles. The van der Waals surface area contributed by atoms with Crippen molar-refractivity contribution in [2.75, 3.05) is 20.4 Å². The van der Waals surface area contributed by atoms with E-state index in [1.54, 1.807) is 25.5 Å². The lowest BCUT2D eigenvalue weighted by Crippen LogP contribution is -2.30. The molecule has 0 radical (unpaired) electrons. The number of hydrogen-bond donors (Lipinski definition) is 0. The number of aryl methyl sites for hydroxylation is 2. The van der Waals surface area contributed by atoms with Crippen molar-refractivity contribution in [3.63, 3.8) is 0 Å². The molecule has 0 saturated carbocycles. The maximum absolute atomic E-state index is 13.2. The van der Waals surface area contributed by atoms with Gasteiger partial charge >= 0.3 is 0 Å². The van der Waals surface area contributed by atoms with Crippen molar-refractivity contribution >= 4 is 21.1 Å². The zero-order valence-corrected chi connectivity index (χ0v) is 19.8. The summed E-state index contributed by atoms with van der Waals surface area (Å²) < 4.78 is 35.1. The van der Waals surface area contributed by atoms with Crippen LogP contribution in [0.4, 0.5) is 0 Å². The summed E-state index contributed by atoms with van der Waals surface area (Å²) in [5.41, 5.74) is 3.77. The van der Waals surface area contributed by atoms with Gasteiger partial charge in [0.15, 0.2) is 0 Å². The van der Waals surface area contributed by atoms with Gasteiger partial charge in [0.2, 0.25) is 10.0 Å². The summed E-state index contributed by atoms with van der Waals surface area (Å²) in [6.07, 6.45) is 5.14. The number of benzene rings is 1. The van der Waals surface area contributed by atoms with E-state index in [1.165, 1.54) is 4.31 Å². The van der Waals surface area contributed by atoms with Gasteiger partial charge in [-0.15, -0.1) is 0 Å². The Morgan fingerprint density at radius 3 is 2.71 bits per heavy atom. The second-order valence-corrected chi connectivity index (χ2v) is 10.2. The van der Waals surface area contributed by atoms with Crippen molar-refractivity contribution in [1.29, 1.82) is 0 Å². The van der Waals surface area contributed by atoms with Crippen LogP contribution in [0.15, 0.2) is 41.6 Å². The number of nitrogens with zero attached hydrogens (tertiary/aromatic N) is 4. The Labute approximate surface area is 185 Å². The largest absolute Gasteiger partial charge is 0.365 e. The molecule has 0 fully saturated rings. The summed E-state index contributed by atoms with van der Waals surface area (Å²) >= 11 is 0. The van der Waals surface area contributed by atoms with Gasteiger partial charge in [-0.1, -0.05) is 26.0 Å². The first-order valence-corrected chi connectivity index (χ1v) is 12.1. The number of rotatable bonds is 10. The standard InChI is InChI=1S/C23H32N4O3S/c1-6-30-16-26(5)31(28,29)23-10-8-19(13-20(23)9-7-17(2)3)15-27-18(4)25-21-14-24-12-11-22(21)27/h8,10-14,17H,6-7,9,15-16H2,1-5H3. The van der Waals surface area contributed by atoms with E-state index in [0.29, 0.717) is 30.4 Å². The molecular formula is C23H32N4O3S. The SMILES string of the molecule is CCOCN(C)S(=O)(=O)c1ccc(Cn2c(C)nc3cnccc32)cc1CCC(C)C. The predicted molar refractivity (Wildman–Crippen MR) is 122 cm³/mol. The van der Waals surface area contributed by atoms with E-state index in [2.05, 4.69) is 28.4 Å². The normalized spacial score (nSPS) is 12.4. The van der Waals surface area contributed by atoms with Crippen LogP contribution < -0.4 is 0 Å². The molecule has 0 atom stereocenters. The summed E-state index contributed by atoms with van der Waals surface area (Å²) in [4.78, 5) is 9.09. The molecule has 2 heterocycles. The predicted octanol–water partition coefficient (Wildman–Crippen LogP) is 3.99. The Kier molecular flexibility index (Phi) is 7.46. The van der Waals surface area contributed by atoms with Gasteiger partial charge in [-0.05, 0) is 55.9 Å². The number of ether oxygens (including phenoxy) is 1. The highest BCUT2D eigenvalue weighted by molar-refractivity contribution is 7.89. The smallest absolute Gasteiger partial charge is 0.245 e. The highest BCUT2D eigenvalue weighted by Gasteiger charge is 2.24. The number of pyridine rings is 1. The molecule has 0 aliphatic rings. The number of aromatic nitrogens is 3. The zero-order valence-electron chi connectivity index (χ0n) is 19.0. The van der Waals surface area contributed by atoms with E-state index >= 15 is 0 Å². The van der Waals surface area contributed by atoms with Crippen LogP contribution in [0.5, 0.6) is 0 Å². The van der Waals surface area contributed by atoms with Gasteiger partial charge < -0.3 is 9.30 Å². The molecule has 3 aromatic rings. The van der Waals surface area contributed by atoms with Crippen molar-refractivity contribution in [3.05, 3.63) is 53.6 Å². The third-order valence-corrected chi connectivity index (χ3v) is 7.24. The van der Waals surface area contributed by atoms with Crippen LogP contribution in [0, 0.1) is 12.8 Å². The minimum absolute atomic E-state index is 0.0401. The Morgan fingerprint density at radius 2 is 2.00 bits per heavy atom. The zero-order chi connectivity index (χ0) is 22.6. The van der Waals surface area contributed by atoms with E-state index in [-0.39, 0.29) is 6.73 Å². The van der Waals surface area contributed by atoms with E-state index in [0.717, 1.165) is 34.4 Å². The molecule has 0 aliphatic heterocycles. The summed E-state index contributed by atoms with van der Waals surface area (Å²) in [6.45, 7) is 9.24. The van der Waals surface area contributed by atoms with Gasteiger partial charge in [-0.3, -0.25) is 4.98 Å². The molecule has 0 unspecified atom stereocenters. The van der Waals surface area contributed by atoms with Gasteiger partial charge in [0, 0.05) is 26.4 Å². The van der Waals surface area contributed by atoms with E-state index in [1.807, 2.05) is 32.0 Å². The van der Waals surface area contributed by atoms with Crippen LogP contribution in [-0.2, 0) is 27.7 Å². The van der Waals surface area contributed by atoms with Gasteiger partial charge in [-0.2, -0.15) is 4.31 Å². The van der Waals surface area contributed by atoms with Gasteiger partial charge in [0.25, 0.3) is 0 Å². The lowest BCUT2D eigenvalue weighted by atomic mass is 10.0. The van der Waals surface area contributed by atoms with Crippen molar-refractivity contribution in [3.8, 4) is 0 Å². The Balaban J connectivity index is 1.98. The molecule has 0 bridgehead atoms. The van der Waals surface area contributed by atoms with Crippen molar-refractivity contribution < 1.29 is 13.2 Å². The highest BCUT2D eigenvalue weighted by atomic mass is 32.2. The van der Waals surface area contributed by atoms with Crippen LogP contribution in [0.2, 0.25) is 0 Å². The Hall–Kier alpha value is -2.29. The van der Waals surface area contributed by atoms with E-state index in [9.17, 15) is 8.42 Å². The van der Waals surface area contributed by atoms with Crippen molar-refractivity contribution in [2.45, 2.75) is 52.0 Å². The van der Waals surface area contributed by atoms with Crippen LogP contribution in [0.25, 0.3) is 11.0 Å². The number of sulfonamides is 1. The molecule has 168 valence electrons. The fourth-order valence-corrected chi connectivity index (χ4v) is 4.85. The van der Waals surface area contributed by atoms with Crippen molar-refractivity contribution in [1.82, 2.24) is 18.8 Å². The average Bonchev–Trinajstić information content (AvgIpc) is 3.05. The quantitative estimate of drug-likeness (QED) is 0.442. The van der Waals surface area contributed by atoms with Crippen molar-refractivity contribution in [2.24, 2.45) is 5.92 Å². The third-order valence-electron chi connectivity index (χ3n) is 5.36. The second kappa shape index (κ2) is 9.89. The summed E-state index contributed by atoms with van der Waals surface area (Å²) in [5.74, 6) is 1.38. The summed E-state index contributed by atoms with van der Waals surface area (Å²) in [7, 11) is -2.07. The van der Waals surface area contributed by atoms with Gasteiger partial charge in [0.1, 0.15) is 18.1 Å². The van der Waals surface area contributed by atoms with E-state index < -0.39 is 10.0 Å². The first kappa shape index (κ1) is 23.4. The van der Waals surface area contributed by atoms with Crippen LogP contribution in [-0.4, -0.2) is 47.6 Å². The third kappa shape index (κ3) is 5.31. The first-order valence-electron chi connectivity index (χ1n) is 10.7. The van der Waals surface area contributed by atoms with Crippen LogP contribution in [0.1, 0.15) is 44.1 Å². The maximum Gasteiger partial charge on any atom is 0.245 e. The Morgan fingerprint density at radius 1 is 1.23 bits per heavy atom. The molecule has 1 aromatic carbocycles. The first-order chi connectivity index (χ1) is 14.7. The molecule has 0 N–H and O–H groups in total. The average molecular weight is 445 g/mol. The highest BCUT2D eigenvalue weighted by Crippen LogP contribution is 2.25. The molecule has 0 saturated heterocycles. The minimum atomic E-state index is -3.63. The number of imidazole rings is 1. The fourth-order valence-electron chi connectivity index (χ4n) is 3.56. The molecule has 0 amide bonds. The minimum Gasteiger partial charge on any atom is -0.365 e. The molecule has 31 heavy (non-hydrogen) atoms. The van der Waals surface area contributed by atoms with Crippen LogP contribution >= 0.6 is 0 Å². The van der Waals surface area contributed by atoms with E-state index in [4.69, 9.17) is 4.74 Å². The number of hydrogen-bond acceptors (Lipinski definition) is 5. The fraction of sp³-hybridized carbons (Fsp3) is 0.478. The monoisotopic (exact) mass is 444 g/mol. The molecular weight excluding hydrogens is 412 g/mol. The maximum atomic E-state index is 13.2. The Bertz CT molecular complexity index is 1140. The van der Waals surface area contributed by atoms with Crippen LogP contribution in [0.3, 0.4) is 0 Å². The molecule has 7 nitrogen and oxygen atoms in total. The molecule has 8 heteroatoms. The topological polar surface area (TPSA) is 77.3 Å². The molecule has 3 rings (SSSR count). The summed E-state index contributed by atoms with van der Waals surface area (Å²) in [5, 5.41) is 0. The summed E-state index contributed by atoms with van der Waals surface area (Å²) in [6, 6.07) is 7.61.